The van der Waals surface area contributed by atoms with Crippen LogP contribution in [0.15, 0.2) is 0 Å². The highest BCUT2D eigenvalue weighted by molar-refractivity contribution is 5.85. The molecule has 0 aliphatic carbocycles. The fraction of sp³-hybridized carbons (Fsp3) is 0.769. The molecule has 0 aliphatic rings. The Bertz CT molecular complexity index is 358. The molecule has 0 aromatic carbocycles. The van der Waals surface area contributed by atoms with Crippen LogP contribution in [0.3, 0.4) is 0 Å². The molecule has 0 bridgehead atoms. The van der Waals surface area contributed by atoms with Crippen molar-refractivity contribution in [1.82, 2.24) is 5.32 Å². The maximum atomic E-state index is 11.7. The van der Waals surface area contributed by atoms with E-state index in [1.807, 2.05) is 13.8 Å². The Morgan fingerprint density at radius 2 is 1.75 bits per heavy atom. The number of nitrogens with one attached hydrogen (secondary N) is 1. The molecular weight excluding hydrogens is 266 g/mol. The van der Waals surface area contributed by atoms with E-state index in [4.69, 9.17) is 14.6 Å². The summed E-state index contributed by atoms with van der Waals surface area (Å²) in [5, 5.41) is 11.0. The molecule has 0 rings (SSSR count). The zero-order valence-corrected chi connectivity index (χ0v) is 12.6. The highest BCUT2D eigenvalue weighted by atomic mass is 16.6. The first-order valence-electron chi connectivity index (χ1n) is 6.39. The molecule has 0 heterocycles. The monoisotopic (exact) mass is 289 g/mol. The first-order valence-corrected chi connectivity index (χ1v) is 6.39. The molecule has 1 atom stereocenters. The first-order chi connectivity index (χ1) is 9.01. The summed E-state index contributed by atoms with van der Waals surface area (Å²) < 4.78 is 9.90. The zero-order chi connectivity index (χ0) is 15.9. The van der Waals surface area contributed by atoms with Gasteiger partial charge < -0.3 is 19.9 Å². The van der Waals surface area contributed by atoms with Gasteiger partial charge in [-0.2, -0.15) is 0 Å². The summed E-state index contributed by atoms with van der Waals surface area (Å²) in [6.45, 7) is 8.84. The van der Waals surface area contributed by atoms with Crippen LogP contribution in [0.5, 0.6) is 0 Å². The Morgan fingerprint density at radius 1 is 1.20 bits per heavy atom. The minimum absolute atomic E-state index is 0.117. The summed E-state index contributed by atoms with van der Waals surface area (Å²) in [4.78, 5) is 34.0. The molecule has 0 aromatic rings. The van der Waals surface area contributed by atoms with E-state index < -0.39 is 36.1 Å². The standard InChI is InChI=1S/C13H23NO6/c1-8(2)7-19-11(17)9(6-10(15)16)14-12(18)20-13(3,4)5/h8-9H,6-7H2,1-5H3,(H,14,18)(H,15,16)/t9-/m0/s1. The van der Waals surface area contributed by atoms with Crippen molar-refractivity contribution in [1.29, 1.82) is 0 Å². The molecule has 0 saturated carbocycles. The van der Waals surface area contributed by atoms with E-state index in [0.29, 0.717) is 0 Å². The van der Waals surface area contributed by atoms with Crippen LogP contribution in [0.4, 0.5) is 4.79 Å². The molecule has 7 nitrogen and oxygen atoms in total. The molecule has 0 aliphatic heterocycles. The van der Waals surface area contributed by atoms with Crippen molar-refractivity contribution in [3.63, 3.8) is 0 Å². The molecular formula is C13H23NO6. The Labute approximate surface area is 118 Å². The van der Waals surface area contributed by atoms with Gasteiger partial charge in [-0.15, -0.1) is 0 Å². The van der Waals surface area contributed by atoms with E-state index in [-0.39, 0.29) is 12.5 Å². The number of amides is 1. The number of carboxylic acid groups (broad SMARTS) is 1. The van der Waals surface area contributed by atoms with Crippen molar-refractivity contribution in [2.24, 2.45) is 5.92 Å². The van der Waals surface area contributed by atoms with Gasteiger partial charge in [0.2, 0.25) is 0 Å². The molecule has 0 spiro atoms. The van der Waals surface area contributed by atoms with E-state index >= 15 is 0 Å². The van der Waals surface area contributed by atoms with Crippen LogP contribution in [0.1, 0.15) is 41.0 Å². The van der Waals surface area contributed by atoms with Gasteiger partial charge in [0, 0.05) is 0 Å². The van der Waals surface area contributed by atoms with E-state index in [2.05, 4.69) is 5.32 Å². The Morgan fingerprint density at radius 3 is 2.15 bits per heavy atom. The molecule has 0 radical (unpaired) electrons. The number of carbonyl (C=O) groups excluding carboxylic acids is 2. The lowest BCUT2D eigenvalue weighted by molar-refractivity contribution is -0.151. The number of hydrogen-bond donors (Lipinski definition) is 2. The third-order valence-corrected chi connectivity index (χ3v) is 1.91. The Balaban J connectivity index is 4.59. The van der Waals surface area contributed by atoms with Gasteiger partial charge >= 0.3 is 18.0 Å². The number of carboxylic acids is 1. The highest BCUT2D eigenvalue weighted by Crippen LogP contribution is 2.08. The predicted molar refractivity (Wildman–Crippen MR) is 71.2 cm³/mol. The minimum Gasteiger partial charge on any atom is -0.481 e. The SMILES string of the molecule is CC(C)COC(=O)[C@H](CC(=O)O)NC(=O)OC(C)(C)C. The fourth-order valence-corrected chi connectivity index (χ4v) is 1.17. The van der Waals surface area contributed by atoms with E-state index in [1.54, 1.807) is 20.8 Å². The second-order valence-electron chi connectivity index (χ2n) is 5.82. The fourth-order valence-electron chi connectivity index (χ4n) is 1.17. The lowest BCUT2D eigenvalue weighted by Gasteiger charge is -2.22. The first kappa shape index (κ1) is 18.2. The van der Waals surface area contributed by atoms with Crippen molar-refractivity contribution in [3.05, 3.63) is 0 Å². The summed E-state index contributed by atoms with van der Waals surface area (Å²) in [6, 6.07) is -1.26. The normalized spacial score (nSPS) is 12.7. The molecule has 116 valence electrons. The molecule has 1 amide bonds. The van der Waals surface area contributed by atoms with Crippen LogP contribution in [0, 0.1) is 5.92 Å². The quantitative estimate of drug-likeness (QED) is 0.719. The van der Waals surface area contributed by atoms with E-state index in [9.17, 15) is 14.4 Å². The van der Waals surface area contributed by atoms with Crippen LogP contribution in [0.25, 0.3) is 0 Å². The van der Waals surface area contributed by atoms with Crippen molar-refractivity contribution in [2.75, 3.05) is 6.61 Å². The summed E-state index contributed by atoms with van der Waals surface area (Å²) in [5.41, 5.74) is -0.736. The van der Waals surface area contributed by atoms with Gasteiger partial charge in [-0.25, -0.2) is 9.59 Å². The van der Waals surface area contributed by atoms with Gasteiger partial charge in [0.05, 0.1) is 13.0 Å². The van der Waals surface area contributed by atoms with E-state index in [1.165, 1.54) is 0 Å². The Kier molecular flexibility index (Phi) is 7.02. The van der Waals surface area contributed by atoms with Gasteiger partial charge in [-0.1, -0.05) is 13.8 Å². The zero-order valence-electron chi connectivity index (χ0n) is 12.6. The lowest BCUT2D eigenvalue weighted by Crippen LogP contribution is -2.45. The topological polar surface area (TPSA) is 102 Å². The largest absolute Gasteiger partial charge is 0.481 e. The summed E-state index contributed by atoms with van der Waals surface area (Å²) in [7, 11) is 0. The highest BCUT2D eigenvalue weighted by Gasteiger charge is 2.27. The molecule has 2 N–H and O–H groups in total. The van der Waals surface area contributed by atoms with Gasteiger partial charge in [0.15, 0.2) is 0 Å². The van der Waals surface area contributed by atoms with Crippen molar-refractivity contribution >= 4 is 18.0 Å². The molecule has 0 aromatic heterocycles. The third kappa shape index (κ3) is 9.18. The average molecular weight is 289 g/mol. The van der Waals surface area contributed by atoms with Gasteiger partial charge in [0.25, 0.3) is 0 Å². The predicted octanol–water partition coefficient (Wildman–Crippen LogP) is 1.55. The number of rotatable bonds is 6. The maximum absolute atomic E-state index is 11.7. The van der Waals surface area contributed by atoms with Crippen LogP contribution in [-0.2, 0) is 19.1 Å². The smallest absolute Gasteiger partial charge is 0.408 e. The second kappa shape index (κ2) is 7.72. The number of alkyl carbamates (subject to hydrolysis) is 1. The number of esters is 1. The minimum atomic E-state index is -1.26. The molecule has 7 heteroatoms. The maximum Gasteiger partial charge on any atom is 0.408 e. The van der Waals surface area contributed by atoms with Crippen molar-refractivity contribution < 1.29 is 29.0 Å². The summed E-state index contributed by atoms with van der Waals surface area (Å²) >= 11 is 0. The number of ether oxygens (including phenoxy) is 2. The number of aliphatic carboxylic acids is 1. The Hall–Kier alpha value is -1.79. The van der Waals surface area contributed by atoms with Gasteiger partial charge in [0.1, 0.15) is 11.6 Å². The van der Waals surface area contributed by atoms with Crippen LogP contribution >= 0.6 is 0 Å². The van der Waals surface area contributed by atoms with Gasteiger partial charge in [-0.3, -0.25) is 4.79 Å². The van der Waals surface area contributed by atoms with Gasteiger partial charge in [-0.05, 0) is 26.7 Å². The molecule has 20 heavy (non-hydrogen) atoms. The molecule has 0 fully saturated rings. The molecule has 0 unspecified atom stereocenters. The summed E-state index contributed by atoms with van der Waals surface area (Å²) in [5.74, 6) is -1.88. The van der Waals surface area contributed by atoms with Crippen molar-refractivity contribution in [2.45, 2.75) is 52.7 Å². The second-order valence-corrected chi connectivity index (χ2v) is 5.82. The lowest BCUT2D eigenvalue weighted by atomic mass is 10.2. The third-order valence-electron chi connectivity index (χ3n) is 1.91. The van der Waals surface area contributed by atoms with Crippen LogP contribution in [0.2, 0.25) is 0 Å². The number of carbonyl (C=O) groups is 3. The van der Waals surface area contributed by atoms with Crippen LogP contribution in [-0.4, -0.2) is 41.4 Å². The number of hydrogen-bond acceptors (Lipinski definition) is 5. The molecule has 0 saturated heterocycles. The van der Waals surface area contributed by atoms with Crippen molar-refractivity contribution in [3.8, 4) is 0 Å². The summed E-state index contributed by atoms with van der Waals surface area (Å²) in [6.07, 6.45) is -1.42. The van der Waals surface area contributed by atoms with E-state index in [0.717, 1.165) is 0 Å². The van der Waals surface area contributed by atoms with Crippen LogP contribution < -0.4 is 5.32 Å². The average Bonchev–Trinajstić information content (AvgIpc) is 2.21.